The van der Waals surface area contributed by atoms with Gasteiger partial charge in [-0.15, -0.1) is 11.3 Å². The number of rotatable bonds is 9. The second-order valence-electron chi connectivity index (χ2n) is 7.08. The number of carbonyl (C=O) groups is 1. The Morgan fingerprint density at radius 1 is 1.23 bits per heavy atom. The summed E-state index contributed by atoms with van der Waals surface area (Å²) in [4.78, 5) is 19.8. The van der Waals surface area contributed by atoms with Gasteiger partial charge in [-0.2, -0.15) is 26.3 Å². The lowest BCUT2D eigenvalue weighted by atomic mass is 10.0. The summed E-state index contributed by atoms with van der Waals surface area (Å²) >= 11 is 0.285. The molecule has 0 saturated carbocycles. The predicted molar refractivity (Wildman–Crippen MR) is 124 cm³/mol. The van der Waals surface area contributed by atoms with E-state index in [4.69, 9.17) is 4.74 Å². The molecule has 0 fully saturated rings. The van der Waals surface area contributed by atoms with E-state index in [1.807, 2.05) is 0 Å². The van der Waals surface area contributed by atoms with Crippen molar-refractivity contribution in [3.63, 3.8) is 0 Å². The van der Waals surface area contributed by atoms with E-state index in [1.54, 1.807) is 33.8 Å². The molecule has 0 bridgehead atoms. The van der Waals surface area contributed by atoms with Gasteiger partial charge in [0.05, 0.1) is 24.9 Å². The number of thiazole rings is 1. The minimum atomic E-state index is -4.67. The SMILES string of the molecule is C\C=C/C(=C\C(=C\CC)C(F)(F)F)C(N=C(CNC(=O)c1csc(C(F)(F)F)n1)OC)=C(C)CC. The molecule has 5 nitrogen and oxygen atoms in total. The number of methoxy groups -OCH3 is 1. The van der Waals surface area contributed by atoms with Crippen LogP contribution in [-0.2, 0) is 10.9 Å². The number of hydrogen-bond acceptors (Lipinski definition) is 5. The lowest BCUT2D eigenvalue weighted by molar-refractivity contribution is -0.137. The minimum absolute atomic E-state index is 0.0594. The zero-order valence-electron chi connectivity index (χ0n) is 19.9. The molecule has 0 unspecified atom stereocenters. The Bertz CT molecular complexity index is 1030. The zero-order chi connectivity index (χ0) is 26.8. The molecule has 0 atom stereocenters. The normalized spacial score (nSPS) is 14.9. The first kappa shape index (κ1) is 30.1. The highest BCUT2D eigenvalue weighted by Crippen LogP contribution is 2.32. The van der Waals surface area contributed by atoms with Crippen LogP contribution in [0.4, 0.5) is 26.3 Å². The number of nitrogens with zero attached hydrogens (tertiary/aromatic N) is 2. The van der Waals surface area contributed by atoms with Crippen LogP contribution in [0.15, 0.2) is 57.1 Å². The molecule has 194 valence electrons. The molecule has 12 heteroatoms. The van der Waals surface area contributed by atoms with Crippen molar-refractivity contribution in [2.75, 3.05) is 13.7 Å². The van der Waals surface area contributed by atoms with Crippen molar-refractivity contribution in [1.29, 1.82) is 0 Å². The number of carbonyl (C=O) groups excluding carboxylic acids is 1. The van der Waals surface area contributed by atoms with Crippen LogP contribution < -0.4 is 5.32 Å². The summed E-state index contributed by atoms with van der Waals surface area (Å²) in [6.45, 7) is 6.42. The third-order valence-corrected chi connectivity index (χ3v) is 5.36. The first-order valence-electron chi connectivity index (χ1n) is 10.5. The Morgan fingerprint density at radius 3 is 2.34 bits per heavy atom. The summed E-state index contributed by atoms with van der Waals surface area (Å²) in [5.74, 6) is -0.940. The predicted octanol–water partition coefficient (Wildman–Crippen LogP) is 7.02. The molecule has 1 aromatic rings. The highest BCUT2D eigenvalue weighted by Gasteiger charge is 2.35. The van der Waals surface area contributed by atoms with Crippen molar-refractivity contribution in [3.05, 3.63) is 62.8 Å². The van der Waals surface area contributed by atoms with Gasteiger partial charge in [-0.3, -0.25) is 4.79 Å². The average Bonchev–Trinajstić information content (AvgIpc) is 3.28. The highest BCUT2D eigenvalue weighted by molar-refractivity contribution is 7.09. The van der Waals surface area contributed by atoms with E-state index in [9.17, 15) is 31.1 Å². The number of aliphatic imine (C=N–C) groups is 1. The molecular weight excluding hydrogens is 496 g/mol. The number of allylic oxidation sites excluding steroid dienone is 6. The van der Waals surface area contributed by atoms with Gasteiger partial charge < -0.3 is 10.1 Å². The zero-order valence-corrected chi connectivity index (χ0v) is 20.7. The number of ether oxygens (including phenoxy) is 1. The quantitative estimate of drug-likeness (QED) is 0.164. The van der Waals surface area contributed by atoms with E-state index in [-0.39, 0.29) is 41.5 Å². The van der Waals surface area contributed by atoms with Gasteiger partial charge >= 0.3 is 12.4 Å². The summed E-state index contributed by atoms with van der Waals surface area (Å²) < 4.78 is 83.8. The van der Waals surface area contributed by atoms with Gasteiger partial charge in [0.25, 0.3) is 5.91 Å². The summed E-state index contributed by atoms with van der Waals surface area (Å²) in [5, 5.41) is 2.18. The lowest BCUT2D eigenvalue weighted by Crippen LogP contribution is -2.30. The highest BCUT2D eigenvalue weighted by atomic mass is 32.1. The molecule has 0 saturated heterocycles. The molecule has 1 amide bonds. The largest absolute Gasteiger partial charge is 0.483 e. The van der Waals surface area contributed by atoms with Gasteiger partial charge in [0.2, 0.25) is 5.90 Å². The molecule has 35 heavy (non-hydrogen) atoms. The van der Waals surface area contributed by atoms with Crippen molar-refractivity contribution in [2.24, 2.45) is 4.99 Å². The molecule has 0 aromatic carbocycles. The number of alkyl halides is 6. The van der Waals surface area contributed by atoms with E-state index in [0.717, 1.165) is 17.5 Å². The molecule has 1 aromatic heterocycles. The third-order valence-electron chi connectivity index (χ3n) is 4.47. The van der Waals surface area contributed by atoms with Crippen molar-refractivity contribution >= 4 is 23.1 Å². The summed E-state index contributed by atoms with van der Waals surface area (Å²) in [6, 6.07) is 0. The minimum Gasteiger partial charge on any atom is -0.483 e. The second kappa shape index (κ2) is 13.3. The summed E-state index contributed by atoms with van der Waals surface area (Å²) in [6.07, 6.45) is -3.50. The first-order valence-corrected chi connectivity index (χ1v) is 11.4. The number of amides is 1. The lowest BCUT2D eigenvalue weighted by Gasteiger charge is -2.14. The van der Waals surface area contributed by atoms with Gasteiger partial charge in [0.1, 0.15) is 5.69 Å². The maximum atomic E-state index is 13.5. The fourth-order valence-electron chi connectivity index (χ4n) is 2.63. The third kappa shape index (κ3) is 9.35. The molecule has 0 radical (unpaired) electrons. The van der Waals surface area contributed by atoms with E-state index in [0.29, 0.717) is 12.0 Å². The number of halogens is 6. The van der Waals surface area contributed by atoms with Crippen LogP contribution in [0.2, 0.25) is 0 Å². The van der Waals surface area contributed by atoms with Crippen LogP contribution in [0.25, 0.3) is 0 Å². The van der Waals surface area contributed by atoms with Crippen LogP contribution in [0, 0.1) is 0 Å². The van der Waals surface area contributed by atoms with Crippen molar-refractivity contribution in [1.82, 2.24) is 10.3 Å². The standard InChI is InChI=1S/C23H27F6N3O2S/c1-6-9-15(11-16(10-7-2)22(24,25)26)19(14(4)8-3)32-18(34-5)12-30-20(33)17-13-35-21(31-17)23(27,28)29/h6,9-11,13H,7-8,12H2,1-5H3,(H,30,33)/b9-6-,15-11+,16-10-,19-14?,32-18?. The second-order valence-corrected chi connectivity index (χ2v) is 7.93. The van der Waals surface area contributed by atoms with E-state index >= 15 is 0 Å². The fraction of sp³-hybridized carbons (Fsp3) is 0.435. The van der Waals surface area contributed by atoms with Gasteiger partial charge in [-0.1, -0.05) is 32.1 Å². The maximum absolute atomic E-state index is 13.5. The number of aromatic nitrogens is 1. The smallest absolute Gasteiger partial charge is 0.443 e. The van der Waals surface area contributed by atoms with E-state index < -0.39 is 34.5 Å². The fourth-order valence-corrected chi connectivity index (χ4v) is 3.30. The molecule has 1 N–H and O–H groups in total. The van der Waals surface area contributed by atoms with Crippen LogP contribution in [0.3, 0.4) is 0 Å². The van der Waals surface area contributed by atoms with Crippen LogP contribution in [0.5, 0.6) is 0 Å². The Labute approximate surface area is 204 Å². The van der Waals surface area contributed by atoms with Crippen molar-refractivity contribution < 1.29 is 35.9 Å². The number of hydrogen-bond donors (Lipinski definition) is 1. The molecule has 0 spiro atoms. The topological polar surface area (TPSA) is 63.6 Å². The Morgan fingerprint density at radius 2 is 1.89 bits per heavy atom. The molecule has 0 aliphatic heterocycles. The summed E-state index contributed by atoms with van der Waals surface area (Å²) in [7, 11) is 1.26. The van der Waals surface area contributed by atoms with E-state index in [1.165, 1.54) is 13.2 Å². The molecule has 1 rings (SSSR count). The van der Waals surface area contributed by atoms with Crippen molar-refractivity contribution in [3.8, 4) is 0 Å². The van der Waals surface area contributed by atoms with Gasteiger partial charge in [0, 0.05) is 11.0 Å². The Kier molecular flexibility index (Phi) is 11.4. The number of nitrogens with one attached hydrogen (secondary N) is 1. The Hall–Kier alpha value is -2.89. The maximum Gasteiger partial charge on any atom is 0.443 e. The average molecular weight is 524 g/mol. The Balaban J connectivity index is 3.33. The molecule has 1 heterocycles. The van der Waals surface area contributed by atoms with Crippen LogP contribution in [-0.4, -0.2) is 36.6 Å². The van der Waals surface area contributed by atoms with Gasteiger partial charge in [-0.05, 0) is 38.3 Å². The molecule has 0 aliphatic carbocycles. The molecular formula is C23H27F6N3O2S. The monoisotopic (exact) mass is 523 g/mol. The van der Waals surface area contributed by atoms with E-state index in [2.05, 4.69) is 15.3 Å². The first-order chi connectivity index (χ1) is 16.3. The van der Waals surface area contributed by atoms with Crippen LogP contribution >= 0.6 is 11.3 Å². The summed E-state index contributed by atoms with van der Waals surface area (Å²) in [5.41, 5.74) is -0.203. The molecule has 0 aliphatic rings. The van der Waals surface area contributed by atoms with Gasteiger partial charge in [-0.25, -0.2) is 9.98 Å². The van der Waals surface area contributed by atoms with Gasteiger partial charge in [0.15, 0.2) is 5.01 Å². The van der Waals surface area contributed by atoms with Crippen LogP contribution in [0.1, 0.15) is 56.0 Å². The van der Waals surface area contributed by atoms with Crippen molar-refractivity contribution in [2.45, 2.75) is 52.9 Å².